The Bertz CT molecular complexity index is 590. The molecule has 0 bridgehead atoms. The number of phenols is 1. The molecule has 0 atom stereocenters. The van der Waals surface area contributed by atoms with Crippen LogP contribution in [0.2, 0.25) is 0 Å². The summed E-state index contributed by atoms with van der Waals surface area (Å²) in [6.07, 6.45) is 2.71. The first-order valence-corrected chi connectivity index (χ1v) is 7.94. The molecule has 1 aromatic rings. The minimum Gasteiger partial charge on any atom is -0.508 e. The van der Waals surface area contributed by atoms with Crippen LogP contribution in [0.15, 0.2) is 24.5 Å². The van der Waals surface area contributed by atoms with Crippen molar-refractivity contribution >= 4 is 11.6 Å². The molecule has 0 saturated heterocycles. The normalized spacial score (nSPS) is 12.5. The third-order valence-corrected chi connectivity index (χ3v) is 3.49. The first-order valence-electron chi connectivity index (χ1n) is 7.94. The number of benzene rings is 1. The first-order chi connectivity index (χ1) is 10.5. The SMILES string of the molecule is CCO/C=C/C(=O)Nc1cc(O)c(C(C)(C)C)cc1C(C)(C)C. The van der Waals surface area contributed by atoms with Gasteiger partial charge in [0.25, 0.3) is 5.91 Å². The zero-order valence-electron chi connectivity index (χ0n) is 15.3. The van der Waals surface area contributed by atoms with Crippen LogP contribution in [0.25, 0.3) is 0 Å². The molecule has 128 valence electrons. The van der Waals surface area contributed by atoms with E-state index in [0.717, 1.165) is 11.1 Å². The number of hydrogen-bond acceptors (Lipinski definition) is 3. The number of rotatable bonds is 4. The van der Waals surface area contributed by atoms with Crippen LogP contribution in [0.1, 0.15) is 59.6 Å². The summed E-state index contributed by atoms with van der Waals surface area (Å²) in [7, 11) is 0. The fourth-order valence-corrected chi connectivity index (χ4v) is 2.29. The molecule has 0 aliphatic heterocycles. The summed E-state index contributed by atoms with van der Waals surface area (Å²) in [6.45, 7) is 14.8. The predicted molar refractivity (Wildman–Crippen MR) is 94.9 cm³/mol. The Morgan fingerprint density at radius 2 is 1.70 bits per heavy atom. The van der Waals surface area contributed by atoms with E-state index in [1.165, 1.54) is 12.3 Å². The maximum absolute atomic E-state index is 12.0. The van der Waals surface area contributed by atoms with E-state index < -0.39 is 0 Å². The van der Waals surface area contributed by atoms with Crippen LogP contribution in [-0.2, 0) is 20.4 Å². The van der Waals surface area contributed by atoms with Crippen LogP contribution >= 0.6 is 0 Å². The summed E-state index contributed by atoms with van der Waals surface area (Å²) in [4.78, 5) is 12.0. The van der Waals surface area contributed by atoms with Crippen LogP contribution < -0.4 is 5.32 Å². The smallest absolute Gasteiger partial charge is 0.251 e. The van der Waals surface area contributed by atoms with E-state index in [2.05, 4.69) is 46.9 Å². The topological polar surface area (TPSA) is 58.6 Å². The highest BCUT2D eigenvalue weighted by Crippen LogP contribution is 2.39. The standard InChI is InChI=1S/C19H29NO3/c1-8-23-10-9-17(22)20-15-12-16(21)14(19(5,6)7)11-13(15)18(2,3)4/h9-12,21H,8H2,1-7H3,(H,20,22)/b10-9+. The summed E-state index contributed by atoms with van der Waals surface area (Å²) in [5.41, 5.74) is 2.12. The maximum Gasteiger partial charge on any atom is 0.251 e. The molecular formula is C19H29NO3. The van der Waals surface area contributed by atoms with Gasteiger partial charge in [0.1, 0.15) is 5.75 Å². The van der Waals surface area contributed by atoms with Crippen molar-refractivity contribution < 1.29 is 14.6 Å². The lowest BCUT2D eigenvalue weighted by Crippen LogP contribution is -2.20. The first kappa shape index (κ1) is 19.1. The highest BCUT2D eigenvalue weighted by atomic mass is 16.5. The third kappa shape index (κ3) is 5.31. The van der Waals surface area contributed by atoms with E-state index in [0.29, 0.717) is 12.3 Å². The van der Waals surface area contributed by atoms with Crippen molar-refractivity contribution in [3.8, 4) is 5.75 Å². The lowest BCUT2D eigenvalue weighted by molar-refractivity contribution is -0.112. The molecular weight excluding hydrogens is 290 g/mol. The van der Waals surface area contributed by atoms with Gasteiger partial charge in [-0.1, -0.05) is 41.5 Å². The molecule has 0 aliphatic rings. The summed E-state index contributed by atoms with van der Waals surface area (Å²) in [5.74, 6) is -0.0959. The monoisotopic (exact) mass is 319 g/mol. The van der Waals surface area contributed by atoms with Crippen LogP contribution in [0.3, 0.4) is 0 Å². The van der Waals surface area contributed by atoms with Crippen LogP contribution in [0.5, 0.6) is 5.75 Å². The molecule has 1 amide bonds. The van der Waals surface area contributed by atoms with Crippen molar-refractivity contribution in [1.82, 2.24) is 0 Å². The summed E-state index contributed by atoms with van der Waals surface area (Å²) < 4.78 is 5.04. The second-order valence-electron chi connectivity index (χ2n) is 7.66. The molecule has 0 saturated carbocycles. The Balaban J connectivity index is 3.26. The molecule has 0 fully saturated rings. The van der Waals surface area contributed by atoms with Gasteiger partial charge < -0.3 is 15.2 Å². The van der Waals surface area contributed by atoms with Crippen molar-refractivity contribution in [2.45, 2.75) is 59.3 Å². The minimum atomic E-state index is -0.285. The Labute approximate surface area is 139 Å². The largest absolute Gasteiger partial charge is 0.508 e. The van der Waals surface area contributed by atoms with Gasteiger partial charge in [0.05, 0.1) is 12.9 Å². The minimum absolute atomic E-state index is 0.167. The molecule has 4 heteroatoms. The Hall–Kier alpha value is -1.97. The number of nitrogens with one attached hydrogen (secondary N) is 1. The van der Waals surface area contributed by atoms with Gasteiger partial charge in [-0.25, -0.2) is 0 Å². The van der Waals surface area contributed by atoms with Crippen LogP contribution in [0, 0.1) is 0 Å². The molecule has 0 unspecified atom stereocenters. The van der Waals surface area contributed by atoms with E-state index in [1.807, 2.05) is 13.0 Å². The number of amides is 1. The van der Waals surface area contributed by atoms with E-state index in [4.69, 9.17) is 4.74 Å². The molecule has 0 radical (unpaired) electrons. The second-order valence-corrected chi connectivity index (χ2v) is 7.66. The quantitative estimate of drug-likeness (QED) is 0.635. The van der Waals surface area contributed by atoms with Crippen LogP contribution in [-0.4, -0.2) is 17.6 Å². The van der Waals surface area contributed by atoms with Gasteiger partial charge >= 0.3 is 0 Å². The molecule has 0 aliphatic carbocycles. The molecule has 0 spiro atoms. The van der Waals surface area contributed by atoms with Crippen molar-refractivity contribution in [2.24, 2.45) is 0 Å². The highest BCUT2D eigenvalue weighted by Gasteiger charge is 2.25. The average Bonchev–Trinajstić information content (AvgIpc) is 2.35. The fraction of sp³-hybridized carbons (Fsp3) is 0.526. The van der Waals surface area contributed by atoms with Crippen LogP contribution in [0.4, 0.5) is 5.69 Å². The van der Waals surface area contributed by atoms with Crippen molar-refractivity contribution in [3.05, 3.63) is 35.6 Å². The predicted octanol–water partition coefficient (Wildman–Crippen LogP) is 4.48. The van der Waals surface area contributed by atoms with Gasteiger partial charge in [-0.3, -0.25) is 4.79 Å². The number of aromatic hydroxyl groups is 1. The molecule has 23 heavy (non-hydrogen) atoms. The van der Waals surface area contributed by atoms with Gasteiger partial charge in [0.2, 0.25) is 0 Å². The van der Waals surface area contributed by atoms with Crippen molar-refractivity contribution in [1.29, 1.82) is 0 Å². The zero-order chi connectivity index (χ0) is 17.8. The van der Waals surface area contributed by atoms with E-state index in [1.54, 1.807) is 6.07 Å². The van der Waals surface area contributed by atoms with E-state index >= 15 is 0 Å². The number of carbonyl (C=O) groups is 1. The van der Waals surface area contributed by atoms with Gasteiger partial charge in [-0.2, -0.15) is 0 Å². The summed E-state index contributed by atoms with van der Waals surface area (Å²) in [6, 6.07) is 3.62. The number of hydrogen-bond donors (Lipinski definition) is 2. The Morgan fingerprint density at radius 1 is 1.13 bits per heavy atom. The maximum atomic E-state index is 12.0. The molecule has 1 rings (SSSR count). The molecule has 1 aromatic carbocycles. The Morgan fingerprint density at radius 3 is 2.17 bits per heavy atom. The van der Waals surface area contributed by atoms with E-state index in [-0.39, 0.29) is 22.5 Å². The van der Waals surface area contributed by atoms with Crippen molar-refractivity contribution in [3.63, 3.8) is 0 Å². The van der Waals surface area contributed by atoms with Gasteiger partial charge in [0, 0.05) is 17.8 Å². The molecule has 4 nitrogen and oxygen atoms in total. The van der Waals surface area contributed by atoms with Gasteiger partial charge in [-0.05, 0) is 34.9 Å². The number of phenolic OH excluding ortho intramolecular Hbond substituents is 1. The zero-order valence-corrected chi connectivity index (χ0v) is 15.3. The average molecular weight is 319 g/mol. The van der Waals surface area contributed by atoms with Crippen molar-refractivity contribution in [2.75, 3.05) is 11.9 Å². The summed E-state index contributed by atoms with van der Waals surface area (Å²) in [5, 5.41) is 13.2. The number of anilines is 1. The number of carbonyl (C=O) groups excluding carboxylic acids is 1. The lowest BCUT2D eigenvalue weighted by Gasteiger charge is -2.28. The third-order valence-electron chi connectivity index (χ3n) is 3.49. The van der Waals surface area contributed by atoms with E-state index in [9.17, 15) is 9.90 Å². The van der Waals surface area contributed by atoms with Gasteiger partial charge in [-0.15, -0.1) is 0 Å². The summed E-state index contributed by atoms with van der Waals surface area (Å²) >= 11 is 0. The Kier molecular flexibility index (Phi) is 5.86. The molecule has 0 heterocycles. The lowest BCUT2D eigenvalue weighted by atomic mass is 9.79. The second kappa shape index (κ2) is 7.07. The highest BCUT2D eigenvalue weighted by molar-refractivity contribution is 6.00. The molecule has 0 aromatic heterocycles. The fourth-order valence-electron chi connectivity index (χ4n) is 2.29. The molecule has 2 N–H and O–H groups in total. The number of ether oxygens (including phenoxy) is 1. The van der Waals surface area contributed by atoms with Gasteiger partial charge in [0.15, 0.2) is 0 Å².